The van der Waals surface area contributed by atoms with Crippen LogP contribution < -0.4 is 4.90 Å². The molecule has 0 spiro atoms. The summed E-state index contributed by atoms with van der Waals surface area (Å²) in [5, 5.41) is 0. The average Bonchev–Trinajstić information content (AvgIpc) is 2.52. The number of carbonyl (C=O) groups is 1. The number of ether oxygens (including phenoxy) is 2. The summed E-state index contributed by atoms with van der Waals surface area (Å²) in [6.45, 7) is 9.92. The van der Waals surface area contributed by atoms with Crippen molar-refractivity contribution in [2.45, 2.75) is 45.3 Å². The predicted octanol–water partition coefficient (Wildman–Crippen LogP) is 4.30. The number of likely N-dealkylation sites (tertiary alicyclic amines) is 1. The molecule has 6 heteroatoms. The van der Waals surface area contributed by atoms with Gasteiger partial charge < -0.3 is 19.3 Å². The molecule has 0 aliphatic carbocycles. The largest absolute Gasteiger partial charge is 0.444 e. The Kier molecular flexibility index (Phi) is 6.13. The number of benzene rings is 1. The fraction of sp³-hybridized carbons (Fsp3) is 0.650. The quantitative estimate of drug-likeness (QED) is 0.722. The number of amides is 1. The van der Waals surface area contributed by atoms with Crippen molar-refractivity contribution in [3.8, 4) is 0 Å². The van der Waals surface area contributed by atoms with Gasteiger partial charge in [-0.2, -0.15) is 0 Å². The number of hydrogen-bond acceptors (Lipinski definition) is 4. The maximum Gasteiger partial charge on any atom is 0.410 e. The number of hydrogen-bond donors (Lipinski definition) is 0. The van der Waals surface area contributed by atoms with Crippen LogP contribution in [0.5, 0.6) is 0 Å². The number of rotatable bonds is 4. The minimum atomic E-state index is -0.444. The van der Waals surface area contributed by atoms with E-state index >= 15 is 0 Å². The first-order chi connectivity index (χ1) is 12.3. The van der Waals surface area contributed by atoms with E-state index in [2.05, 4.69) is 45.1 Å². The molecule has 3 rings (SSSR count). The molecule has 2 fully saturated rings. The molecule has 0 radical (unpaired) electrons. The maximum absolute atomic E-state index is 12.3. The summed E-state index contributed by atoms with van der Waals surface area (Å²) in [6.07, 6.45) is 1.72. The van der Waals surface area contributed by atoms with Gasteiger partial charge in [-0.25, -0.2) is 4.79 Å². The fourth-order valence-corrected chi connectivity index (χ4v) is 3.86. The lowest BCUT2D eigenvalue weighted by Crippen LogP contribution is -2.50. The van der Waals surface area contributed by atoms with Gasteiger partial charge in [0, 0.05) is 41.8 Å². The van der Waals surface area contributed by atoms with Crippen molar-refractivity contribution in [1.29, 1.82) is 0 Å². The molecule has 1 amide bonds. The molecule has 26 heavy (non-hydrogen) atoms. The highest BCUT2D eigenvalue weighted by molar-refractivity contribution is 9.10. The number of nitrogens with zero attached hydrogens (tertiary/aromatic N) is 2. The molecule has 5 nitrogen and oxygen atoms in total. The standard InChI is InChI=1S/C20H29BrN2O3/c1-20(2,3)26-19(24)22-9-7-17(8-10-22)23(12-15-13-25-14-15)18-6-4-5-16(21)11-18/h4-6,11,15,17H,7-10,12-14H2,1-3H3. The minimum absolute atomic E-state index is 0.197. The Hall–Kier alpha value is -1.27. The van der Waals surface area contributed by atoms with E-state index in [9.17, 15) is 4.79 Å². The molecular formula is C20H29BrN2O3. The van der Waals surface area contributed by atoms with Crippen LogP contribution in [0.3, 0.4) is 0 Å². The first-order valence-corrected chi connectivity index (χ1v) is 10.2. The van der Waals surface area contributed by atoms with Crippen molar-refractivity contribution in [3.63, 3.8) is 0 Å². The maximum atomic E-state index is 12.3. The second kappa shape index (κ2) is 8.17. The van der Waals surface area contributed by atoms with Gasteiger partial charge in [0.25, 0.3) is 0 Å². The minimum Gasteiger partial charge on any atom is -0.444 e. The summed E-state index contributed by atoms with van der Waals surface area (Å²) in [7, 11) is 0. The van der Waals surface area contributed by atoms with Gasteiger partial charge in [0.2, 0.25) is 0 Å². The lowest BCUT2D eigenvalue weighted by atomic mass is 9.99. The lowest BCUT2D eigenvalue weighted by molar-refractivity contribution is -0.0289. The molecule has 0 aromatic heterocycles. The van der Waals surface area contributed by atoms with Gasteiger partial charge >= 0.3 is 6.09 Å². The highest BCUT2D eigenvalue weighted by Gasteiger charge is 2.32. The zero-order valence-corrected chi connectivity index (χ0v) is 17.5. The third kappa shape index (κ3) is 5.13. The molecule has 2 saturated heterocycles. The van der Waals surface area contributed by atoms with Crippen LogP contribution in [0, 0.1) is 5.92 Å². The molecule has 2 heterocycles. The summed E-state index contributed by atoms with van der Waals surface area (Å²) in [6, 6.07) is 8.92. The fourth-order valence-electron chi connectivity index (χ4n) is 3.47. The van der Waals surface area contributed by atoms with Gasteiger partial charge in [-0.1, -0.05) is 22.0 Å². The van der Waals surface area contributed by atoms with Crippen LogP contribution in [0.4, 0.5) is 10.5 Å². The van der Waals surface area contributed by atoms with E-state index in [-0.39, 0.29) is 6.09 Å². The van der Waals surface area contributed by atoms with Crippen LogP contribution in [-0.2, 0) is 9.47 Å². The molecule has 1 aromatic rings. The van der Waals surface area contributed by atoms with Gasteiger partial charge in [-0.15, -0.1) is 0 Å². The molecule has 144 valence electrons. The van der Waals surface area contributed by atoms with E-state index < -0.39 is 5.60 Å². The third-order valence-electron chi connectivity index (χ3n) is 4.86. The third-order valence-corrected chi connectivity index (χ3v) is 5.35. The van der Waals surface area contributed by atoms with E-state index in [1.54, 1.807) is 0 Å². The Balaban J connectivity index is 1.64. The smallest absolute Gasteiger partial charge is 0.410 e. The normalized spacial score (nSPS) is 19.2. The monoisotopic (exact) mass is 424 g/mol. The summed E-state index contributed by atoms with van der Waals surface area (Å²) < 4.78 is 12.0. The number of carbonyl (C=O) groups excluding carboxylic acids is 1. The zero-order valence-electron chi connectivity index (χ0n) is 15.9. The second-order valence-corrected chi connectivity index (χ2v) is 9.15. The topological polar surface area (TPSA) is 42.0 Å². The number of anilines is 1. The van der Waals surface area contributed by atoms with E-state index in [0.29, 0.717) is 12.0 Å². The molecule has 0 bridgehead atoms. The average molecular weight is 425 g/mol. The van der Waals surface area contributed by atoms with Crippen molar-refractivity contribution in [1.82, 2.24) is 4.90 Å². The van der Waals surface area contributed by atoms with Crippen LogP contribution in [-0.4, -0.2) is 55.5 Å². The summed E-state index contributed by atoms with van der Waals surface area (Å²) in [5.74, 6) is 0.595. The molecule has 0 unspecified atom stereocenters. The number of halogens is 1. The Morgan fingerprint density at radius 3 is 2.54 bits per heavy atom. The number of piperidine rings is 1. The highest BCUT2D eigenvalue weighted by atomic mass is 79.9. The van der Waals surface area contributed by atoms with Crippen LogP contribution in [0.2, 0.25) is 0 Å². The van der Waals surface area contributed by atoms with E-state index in [1.165, 1.54) is 5.69 Å². The van der Waals surface area contributed by atoms with Crippen molar-refractivity contribution >= 4 is 27.7 Å². The molecule has 2 aliphatic heterocycles. The van der Waals surface area contributed by atoms with Crippen molar-refractivity contribution in [2.75, 3.05) is 37.7 Å². The molecule has 0 atom stereocenters. The molecular weight excluding hydrogens is 396 g/mol. The van der Waals surface area contributed by atoms with Crippen molar-refractivity contribution < 1.29 is 14.3 Å². The molecule has 0 N–H and O–H groups in total. The Morgan fingerprint density at radius 2 is 2.00 bits per heavy atom. The van der Waals surface area contributed by atoms with Gasteiger partial charge in [0.05, 0.1) is 13.2 Å². The summed E-state index contributed by atoms with van der Waals surface area (Å²) in [5.41, 5.74) is 0.794. The van der Waals surface area contributed by atoms with Gasteiger partial charge in [-0.3, -0.25) is 0 Å². The van der Waals surface area contributed by atoms with E-state index in [4.69, 9.17) is 9.47 Å². The Morgan fingerprint density at radius 1 is 1.31 bits per heavy atom. The SMILES string of the molecule is CC(C)(C)OC(=O)N1CCC(N(CC2COC2)c2cccc(Br)c2)CC1. The summed E-state index contributed by atoms with van der Waals surface area (Å²) in [4.78, 5) is 16.7. The predicted molar refractivity (Wildman–Crippen MR) is 107 cm³/mol. The van der Waals surface area contributed by atoms with Crippen LogP contribution in [0.25, 0.3) is 0 Å². The van der Waals surface area contributed by atoms with Crippen LogP contribution in [0.15, 0.2) is 28.7 Å². The Labute approximate surface area is 164 Å². The van der Waals surface area contributed by atoms with E-state index in [1.807, 2.05) is 25.7 Å². The van der Waals surface area contributed by atoms with Crippen LogP contribution >= 0.6 is 15.9 Å². The summed E-state index contributed by atoms with van der Waals surface area (Å²) >= 11 is 3.59. The van der Waals surface area contributed by atoms with Gasteiger partial charge in [-0.05, 0) is 51.8 Å². The molecule has 1 aromatic carbocycles. The lowest BCUT2D eigenvalue weighted by Gasteiger charge is -2.42. The molecule has 0 saturated carbocycles. The van der Waals surface area contributed by atoms with Crippen molar-refractivity contribution in [2.24, 2.45) is 5.92 Å². The van der Waals surface area contributed by atoms with E-state index in [0.717, 1.165) is 50.2 Å². The molecule has 2 aliphatic rings. The second-order valence-electron chi connectivity index (χ2n) is 8.23. The van der Waals surface area contributed by atoms with Crippen molar-refractivity contribution in [3.05, 3.63) is 28.7 Å². The zero-order chi connectivity index (χ0) is 18.7. The highest BCUT2D eigenvalue weighted by Crippen LogP contribution is 2.29. The van der Waals surface area contributed by atoms with Gasteiger partial charge in [0.15, 0.2) is 0 Å². The van der Waals surface area contributed by atoms with Crippen LogP contribution in [0.1, 0.15) is 33.6 Å². The first kappa shape index (κ1) is 19.5. The first-order valence-electron chi connectivity index (χ1n) is 9.40. The van der Waals surface area contributed by atoms with Gasteiger partial charge in [0.1, 0.15) is 5.60 Å². The Bertz CT molecular complexity index is 620.